The molecule has 5 nitrogen and oxygen atoms in total. The number of H-pyrrole nitrogens is 1. The van der Waals surface area contributed by atoms with E-state index in [1.807, 2.05) is 36.5 Å². The van der Waals surface area contributed by atoms with Crippen molar-refractivity contribution < 1.29 is 19.4 Å². The van der Waals surface area contributed by atoms with Gasteiger partial charge in [-0.15, -0.1) is 0 Å². The Labute approximate surface area is 145 Å². The molecule has 2 aromatic carbocycles. The van der Waals surface area contributed by atoms with Crippen molar-refractivity contribution in [1.82, 2.24) is 4.98 Å². The van der Waals surface area contributed by atoms with E-state index < -0.39 is 6.10 Å². The number of aromatic amines is 1. The van der Waals surface area contributed by atoms with Crippen molar-refractivity contribution in [2.75, 3.05) is 13.2 Å². The Hall–Kier alpha value is -2.79. The molecule has 3 aromatic rings. The van der Waals surface area contributed by atoms with Gasteiger partial charge in [-0.25, -0.2) is 0 Å². The number of fused-ring (bicyclic) bond motifs is 2. The van der Waals surface area contributed by atoms with Crippen molar-refractivity contribution in [3.8, 4) is 11.5 Å². The zero-order valence-electron chi connectivity index (χ0n) is 13.7. The van der Waals surface area contributed by atoms with E-state index in [2.05, 4.69) is 4.98 Å². The maximum atomic E-state index is 11.6. The summed E-state index contributed by atoms with van der Waals surface area (Å²) in [5.74, 6) is 1.59. The number of ketones is 1. The molecule has 0 amide bonds. The Bertz CT molecular complexity index is 915. The molecule has 0 spiro atoms. The quantitative estimate of drug-likeness (QED) is 0.725. The van der Waals surface area contributed by atoms with Gasteiger partial charge in [0.15, 0.2) is 5.78 Å². The number of Topliss-reactive ketones (excluding diaryl/α,β-unsaturated/α-hetero) is 1. The molecule has 0 saturated heterocycles. The van der Waals surface area contributed by atoms with Gasteiger partial charge in [-0.1, -0.05) is 6.07 Å². The summed E-state index contributed by atoms with van der Waals surface area (Å²) < 4.78 is 11.4. The maximum Gasteiger partial charge on any atom is 0.163 e. The highest BCUT2D eigenvalue weighted by molar-refractivity contribution is 6.00. The van der Waals surface area contributed by atoms with Gasteiger partial charge in [0.05, 0.1) is 0 Å². The SMILES string of the molecule is O=C1CCc2cc(OCC(O)COc3cccc4[nH]ccc34)ccc21. The minimum absolute atomic E-state index is 0.135. The van der Waals surface area contributed by atoms with E-state index in [-0.39, 0.29) is 19.0 Å². The Balaban J connectivity index is 1.33. The van der Waals surface area contributed by atoms with Crippen molar-refractivity contribution in [2.24, 2.45) is 0 Å². The van der Waals surface area contributed by atoms with E-state index in [9.17, 15) is 9.90 Å². The van der Waals surface area contributed by atoms with Crippen LogP contribution in [0.2, 0.25) is 0 Å². The van der Waals surface area contributed by atoms with Crippen molar-refractivity contribution in [2.45, 2.75) is 18.9 Å². The summed E-state index contributed by atoms with van der Waals surface area (Å²) >= 11 is 0. The fraction of sp³-hybridized carbons (Fsp3) is 0.250. The Morgan fingerprint density at radius 1 is 1.08 bits per heavy atom. The summed E-state index contributed by atoms with van der Waals surface area (Å²) in [6.07, 6.45) is 2.44. The predicted octanol–water partition coefficient (Wildman–Crippen LogP) is 3.12. The Morgan fingerprint density at radius 2 is 1.96 bits per heavy atom. The number of aliphatic hydroxyl groups is 1. The fourth-order valence-electron chi connectivity index (χ4n) is 3.13. The molecule has 1 heterocycles. The molecule has 0 aliphatic heterocycles. The number of benzene rings is 2. The number of hydrogen-bond donors (Lipinski definition) is 2. The monoisotopic (exact) mass is 337 g/mol. The number of aryl methyl sites for hydroxylation is 1. The molecule has 0 fully saturated rings. The average molecular weight is 337 g/mol. The van der Waals surface area contributed by atoms with E-state index >= 15 is 0 Å². The third-order valence-corrected chi connectivity index (χ3v) is 4.43. The molecule has 1 atom stereocenters. The highest BCUT2D eigenvalue weighted by Crippen LogP contribution is 2.27. The second kappa shape index (κ2) is 6.61. The first-order valence-corrected chi connectivity index (χ1v) is 8.36. The van der Waals surface area contributed by atoms with Gasteiger partial charge < -0.3 is 19.6 Å². The largest absolute Gasteiger partial charge is 0.491 e. The van der Waals surface area contributed by atoms with Gasteiger partial charge in [-0.2, -0.15) is 0 Å². The number of aromatic nitrogens is 1. The van der Waals surface area contributed by atoms with Crippen molar-refractivity contribution in [3.05, 3.63) is 59.8 Å². The number of rotatable bonds is 6. The maximum absolute atomic E-state index is 11.6. The minimum atomic E-state index is -0.746. The van der Waals surface area contributed by atoms with Gasteiger partial charge in [0.2, 0.25) is 0 Å². The number of carbonyl (C=O) groups excluding carboxylic acids is 1. The zero-order chi connectivity index (χ0) is 17.2. The van der Waals surface area contributed by atoms with Gasteiger partial charge >= 0.3 is 0 Å². The summed E-state index contributed by atoms with van der Waals surface area (Å²) in [6, 6.07) is 13.2. The molecule has 1 aromatic heterocycles. The topological polar surface area (TPSA) is 71.6 Å². The van der Waals surface area contributed by atoms with E-state index in [1.165, 1.54) is 0 Å². The lowest BCUT2D eigenvalue weighted by Gasteiger charge is -2.14. The molecular weight excluding hydrogens is 318 g/mol. The molecule has 1 aliphatic carbocycles. The van der Waals surface area contributed by atoms with Gasteiger partial charge in [0, 0.05) is 29.1 Å². The molecule has 2 N–H and O–H groups in total. The number of nitrogens with one attached hydrogen (secondary N) is 1. The third kappa shape index (κ3) is 3.23. The van der Waals surface area contributed by atoms with Crippen LogP contribution < -0.4 is 9.47 Å². The minimum Gasteiger partial charge on any atom is -0.491 e. The van der Waals surface area contributed by atoms with Crippen LogP contribution in [0.5, 0.6) is 11.5 Å². The van der Waals surface area contributed by atoms with Crippen LogP contribution in [-0.4, -0.2) is 35.2 Å². The van der Waals surface area contributed by atoms with Crippen LogP contribution in [-0.2, 0) is 6.42 Å². The first-order chi connectivity index (χ1) is 12.2. The molecule has 4 rings (SSSR count). The Morgan fingerprint density at radius 3 is 2.88 bits per heavy atom. The molecule has 25 heavy (non-hydrogen) atoms. The van der Waals surface area contributed by atoms with Gasteiger partial charge in [0.25, 0.3) is 0 Å². The second-order valence-corrected chi connectivity index (χ2v) is 6.21. The molecule has 128 valence electrons. The highest BCUT2D eigenvalue weighted by Gasteiger charge is 2.19. The van der Waals surface area contributed by atoms with Crippen LogP contribution in [0.3, 0.4) is 0 Å². The normalized spacial score (nSPS) is 14.5. The van der Waals surface area contributed by atoms with Crippen LogP contribution in [0, 0.1) is 0 Å². The summed E-state index contributed by atoms with van der Waals surface area (Å²) in [5, 5.41) is 11.1. The molecule has 0 radical (unpaired) electrons. The smallest absolute Gasteiger partial charge is 0.163 e. The van der Waals surface area contributed by atoms with Crippen LogP contribution in [0.1, 0.15) is 22.3 Å². The number of carbonyl (C=O) groups is 1. The van der Waals surface area contributed by atoms with Crippen molar-refractivity contribution in [1.29, 1.82) is 0 Å². The third-order valence-electron chi connectivity index (χ3n) is 4.43. The molecule has 1 unspecified atom stereocenters. The second-order valence-electron chi connectivity index (χ2n) is 6.21. The van der Waals surface area contributed by atoms with Crippen molar-refractivity contribution in [3.63, 3.8) is 0 Å². The van der Waals surface area contributed by atoms with Crippen LogP contribution in [0.4, 0.5) is 0 Å². The van der Waals surface area contributed by atoms with Crippen molar-refractivity contribution >= 4 is 16.7 Å². The zero-order valence-corrected chi connectivity index (χ0v) is 13.7. The van der Waals surface area contributed by atoms with Crippen LogP contribution in [0.25, 0.3) is 10.9 Å². The summed E-state index contributed by atoms with van der Waals surface area (Å²) in [5.41, 5.74) is 2.80. The van der Waals surface area contributed by atoms with Gasteiger partial charge in [0.1, 0.15) is 30.8 Å². The molecular formula is C20H19NO4. The van der Waals surface area contributed by atoms with E-state index in [4.69, 9.17) is 9.47 Å². The fourth-order valence-corrected chi connectivity index (χ4v) is 3.13. The molecule has 0 saturated carbocycles. The van der Waals surface area contributed by atoms with Crippen LogP contribution >= 0.6 is 0 Å². The summed E-state index contributed by atoms with van der Waals surface area (Å²) in [4.78, 5) is 14.8. The molecule has 1 aliphatic rings. The van der Waals surface area contributed by atoms with Crippen LogP contribution in [0.15, 0.2) is 48.7 Å². The van der Waals surface area contributed by atoms with E-state index in [1.54, 1.807) is 12.1 Å². The number of aliphatic hydroxyl groups excluding tert-OH is 1. The standard InChI is InChI=1S/C20H19NO4/c22-14(12-25-20-3-1-2-18-17(20)8-9-21-18)11-24-15-5-6-16-13(10-15)4-7-19(16)23/h1-3,5-6,8-10,14,21-22H,4,7,11-12H2. The number of ether oxygens (including phenoxy) is 2. The average Bonchev–Trinajstić information content (AvgIpc) is 3.25. The lowest BCUT2D eigenvalue weighted by atomic mass is 10.1. The summed E-state index contributed by atoms with van der Waals surface area (Å²) in [6.45, 7) is 0.281. The Kier molecular flexibility index (Phi) is 4.15. The highest BCUT2D eigenvalue weighted by atomic mass is 16.5. The van der Waals surface area contributed by atoms with E-state index in [0.29, 0.717) is 12.2 Å². The van der Waals surface area contributed by atoms with E-state index in [0.717, 1.165) is 34.2 Å². The lowest BCUT2D eigenvalue weighted by molar-refractivity contribution is 0.0631. The summed E-state index contributed by atoms with van der Waals surface area (Å²) in [7, 11) is 0. The predicted molar refractivity (Wildman–Crippen MR) is 94.4 cm³/mol. The van der Waals surface area contributed by atoms with Gasteiger partial charge in [-0.3, -0.25) is 4.79 Å². The first kappa shape index (κ1) is 15.7. The lowest BCUT2D eigenvalue weighted by Crippen LogP contribution is -2.25. The first-order valence-electron chi connectivity index (χ1n) is 8.36. The molecule has 0 bridgehead atoms. The molecule has 5 heteroatoms. The van der Waals surface area contributed by atoms with Gasteiger partial charge in [-0.05, 0) is 48.4 Å². The number of hydrogen-bond acceptors (Lipinski definition) is 4.